The summed E-state index contributed by atoms with van der Waals surface area (Å²) in [5.41, 5.74) is 4.71. The monoisotopic (exact) mass is 465 g/mol. The van der Waals surface area contributed by atoms with E-state index in [4.69, 9.17) is 11.6 Å². The molecular weight excluding hydrogens is 438 g/mol. The zero-order chi connectivity index (χ0) is 23.2. The summed E-state index contributed by atoms with van der Waals surface area (Å²) in [6.07, 6.45) is 2.88. The third-order valence-corrected chi connectivity index (χ3v) is 6.38. The lowest BCUT2D eigenvalue weighted by molar-refractivity contribution is 0.256. The Kier molecular flexibility index (Phi) is 7.04. The van der Waals surface area contributed by atoms with Crippen LogP contribution in [0.3, 0.4) is 0 Å². The number of nitrogens with zero attached hydrogens (tertiary/aromatic N) is 2. The zero-order valence-electron chi connectivity index (χ0n) is 19.1. The van der Waals surface area contributed by atoms with Crippen LogP contribution in [0, 0.1) is 0 Å². The maximum atomic E-state index is 6.13. The molecule has 0 bridgehead atoms. The number of rotatable bonds is 9. The molecule has 0 atom stereocenters. The molecule has 4 aromatic carbocycles. The molecule has 5 rings (SSSR count). The second kappa shape index (κ2) is 10.7. The Morgan fingerprint density at radius 2 is 1.53 bits per heavy atom. The topological polar surface area (TPSA) is 28.2 Å². The van der Waals surface area contributed by atoms with Gasteiger partial charge in [0.15, 0.2) is 0 Å². The van der Waals surface area contributed by atoms with Gasteiger partial charge in [-0.15, -0.1) is 0 Å². The highest BCUT2D eigenvalue weighted by atomic mass is 35.5. The molecule has 0 unspecified atom stereocenters. The van der Waals surface area contributed by atoms with Gasteiger partial charge in [-0.05, 0) is 58.7 Å². The van der Waals surface area contributed by atoms with Crippen molar-refractivity contribution in [3.05, 3.63) is 119 Å². The minimum absolute atomic E-state index is 0.711. The summed E-state index contributed by atoms with van der Waals surface area (Å²) in [4.78, 5) is 6.98. The number of aromatic nitrogens is 1. The van der Waals surface area contributed by atoms with Crippen LogP contribution >= 0.6 is 11.6 Å². The van der Waals surface area contributed by atoms with Gasteiger partial charge >= 0.3 is 0 Å². The lowest BCUT2D eigenvalue weighted by Gasteiger charge is -2.23. The molecule has 1 N–H and O–H groups in total. The molecule has 0 spiro atoms. The first-order valence-corrected chi connectivity index (χ1v) is 12.1. The Balaban J connectivity index is 1.26. The molecule has 0 saturated heterocycles. The quantitative estimate of drug-likeness (QED) is 0.228. The third kappa shape index (κ3) is 5.56. The van der Waals surface area contributed by atoms with Gasteiger partial charge in [0.25, 0.3) is 0 Å². The van der Waals surface area contributed by atoms with E-state index in [9.17, 15) is 0 Å². The predicted molar refractivity (Wildman–Crippen MR) is 144 cm³/mol. The molecule has 1 aromatic heterocycles. The second-order valence-electron chi connectivity index (χ2n) is 8.68. The van der Waals surface area contributed by atoms with Crippen LogP contribution in [-0.2, 0) is 13.1 Å². The first kappa shape index (κ1) is 22.4. The van der Waals surface area contributed by atoms with Gasteiger partial charge in [0.1, 0.15) is 0 Å². The average molecular weight is 466 g/mol. The Morgan fingerprint density at radius 1 is 0.735 bits per heavy atom. The minimum Gasteiger partial charge on any atom is -0.384 e. The fourth-order valence-electron chi connectivity index (χ4n) is 4.45. The Hall–Kier alpha value is -3.40. The van der Waals surface area contributed by atoms with Crippen LogP contribution in [0.5, 0.6) is 0 Å². The number of hydrogen-bond donors (Lipinski definition) is 1. The third-order valence-electron chi connectivity index (χ3n) is 6.14. The van der Waals surface area contributed by atoms with Crippen LogP contribution < -0.4 is 5.32 Å². The van der Waals surface area contributed by atoms with Gasteiger partial charge in [-0.25, -0.2) is 0 Å². The van der Waals surface area contributed by atoms with Crippen molar-refractivity contribution in [1.29, 1.82) is 0 Å². The highest BCUT2D eigenvalue weighted by Gasteiger charge is 2.09. The molecule has 4 heteroatoms. The molecular formula is C30H28ClN3. The van der Waals surface area contributed by atoms with Crippen molar-refractivity contribution in [1.82, 2.24) is 9.88 Å². The van der Waals surface area contributed by atoms with Gasteiger partial charge in [-0.3, -0.25) is 9.88 Å². The summed E-state index contributed by atoms with van der Waals surface area (Å²) < 4.78 is 0. The summed E-state index contributed by atoms with van der Waals surface area (Å²) in [5.74, 6) is 0. The Bertz CT molecular complexity index is 1380. The largest absolute Gasteiger partial charge is 0.384 e. The van der Waals surface area contributed by atoms with E-state index in [1.165, 1.54) is 21.9 Å². The van der Waals surface area contributed by atoms with E-state index in [1.807, 2.05) is 30.5 Å². The van der Waals surface area contributed by atoms with Gasteiger partial charge in [0.2, 0.25) is 0 Å². The summed E-state index contributed by atoms with van der Waals surface area (Å²) in [6, 6.07) is 34.0. The molecule has 0 saturated carbocycles. The Labute approximate surface area is 206 Å². The van der Waals surface area contributed by atoms with Crippen molar-refractivity contribution in [3.8, 4) is 0 Å². The average Bonchev–Trinajstić information content (AvgIpc) is 2.87. The molecule has 0 aliphatic carbocycles. The van der Waals surface area contributed by atoms with E-state index in [0.29, 0.717) is 5.02 Å². The summed E-state index contributed by atoms with van der Waals surface area (Å²) in [5, 5.41) is 8.00. The van der Waals surface area contributed by atoms with Gasteiger partial charge in [0.05, 0.1) is 5.52 Å². The van der Waals surface area contributed by atoms with E-state index in [0.717, 1.165) is 49.2 Å². The molecule has 1 heterocycles. The highest BCUT2D eigenvalue weighted by Crippen LogP contribution is 2.24. The van der Waals surface area contributed by atoms with Crippen LogP contribution in [0.4, 0.5) is 5.69 Å². The van der Waals surface area contributed by atoms with Crippen LogP contribution in [0.15, 0.2) is 103 Å². The number of nitrogens with one attached hydrogen (secondary N) is 1. The van der Waals surface area contributed by atoms with Crippen LogP contribution in [0.25, 0.3) is 21.7 Å². The Morgan fingerprint density at radius 3 is 2.41 bits per heavy atom. The number of fused-ring (bicyclic) bond motifs is 2. The standard InChI is InChI=1S/C30H28ClN3/c31-27-13-14-28-29(15-17-33-30(28)20-27)32-16-6-18-34(21-23-7-2-1-3-8-23)22-24-11-12-25-9-4-5-10-26(25)19-24/h1-5,7-15,17,19-20H,6,16,18,21-22H2,(H,32,33). The predicted octanol–water partition coefficient (Wildman–Crippen LogP) is 7.55. The number of pyridine rings is 1. The summed E-state index contributed by atoms with van der Waals surface area (Å²) in [6.45, 7) is 3.76. The van der Waals surface area contributed by atoms with E-state index in [2.05, 4.69) is 88.0 Å². The van der Waals surface area contributed by atoms with E-state index in [-0.39, 0.29) is 0 Å². The molecule has 5 aromatic rings. The first-order chi connectivity index (χ1) is 16.7. The van der Waals surface area contributed by atoms with Gasteiger partial charge < -0.3 is 5.32 Å². The maximum Gasteiger partial charge on any atom is 0.0737 e. The van der Waals surface area contributed by atoms with Gasteiger partial charge in [-0.2, -0.15) is 0 Å². The normalized spacial score (nSPS) is 11.4. The van der Waals surface area contributed by atoms with Crippen LogP contribution in [0.1, 0.15) is 17.5 Å². The fourth-order valence-corrected chi connectivity index (χ4v) is 4.62. The molecule has 0 radical (unpaired) electrons. The first-order valence-electron chi connectivity index (χ1n) is 11.8. The molecule has 34 heavy (non-hydrogen) atoms. The highest BCUT2D eigenvalue weighted by molar-refractivity contribution is 6.31. The summed E-state index contributed by atoms with van der Waals surface area (Å²) in [7, 11) is 0. The van der Waals surface area contributed by atoms with E-state index >= 15 is 0 Å². The minimum atomic E-state index is 0.711. The molecule has 0 aliphatic rings. The summed E-state index contributed by atoms with van der Waals surface area (Å²) >= 11 is 6.13. The number of anilines is 1. The second-order valence-corrected chi connectivity index (χ2v) is 9.11. The SMILES string of the molecule is Clc1ccc2c(NCCCN(Cc3ccccc3)Cc3ccc4ccccc4c3)ccnc2c1. The van der Waals surface area contributed by atoms with E-state index < -0.39 is 0 Å². The lowest BCUT2D eigenvalue weighted by Crippen LogP contribution is -2.25. The van der Waals surface area contributed by atoms with Crippen molar-refractivity contribution in [2.24, 2.45) is 0 Å². The molecule has 170 valence electrons. The number of benzene rings is 4. The van der Waals surface area contributed by atoms with Crippen molar-refractivity contribution in [2.75, 3.05) is 18.4 Å². The number of halogens is 1. The van der Waals surface area contributed by atoms with Crippen molar-refractivity contribution in [3.63, 3.8) is 0 Å². The van der Waals surface area contributed by atoms with Gasteiger partial charge in [0, 0.05) is 48.5 Å². The van der Waals surface area contributed by atoms with Gasteiger partial charge in [-0.1, -0.05) is 78.3 Å². The van der Waals surface area contributed by atoms with Crippen LogP contribution in [-0.4, -0.2) is 23.0 Å². The smallest absolute Gasteiger partial charge is 0.0737 e. The number of hydrogen-bond acceptors (Lipinski definition) is 3. The fraction of sp³-hybridized carbons (Fsp3) is 0.167. The lowest BCUT2D eigenvalue weighted by atomic mass is 10.1. The maximum absolute atomic E-state index is 6.13. The van der Waals surface area contributed by atoms with Crippen molar-refractivity contribution < 1.29 is 0 Å². The zero-order valence-corrected chi connectivity index (χ0v) is 19.9. The van der Waals surface area contributed by atoms with Crippen LogP contribution in [0.2, 0.25) is 5.02 Å². The molecule has 0 fully saturated rings. The molecule has 3 nitrogen and oxygen atoms in total. The van der Waals surface area contributed by atoms with Crippen molar-refractivity contribution in [2.45, 2.75) is 19.5 Å². The molecule has 0 aliphatic heterocycles. The van der Waals surface area contributed by atoms with Crippen molar-refractivity contribution >= 4 is 39.0 Å². The van der Waals surface area contributed by atoms with E-state index in [1.54, 1.807) is 0 Å². The molecule has 0 amide bonds.